The number of benzene rings is 2. The largest absolute Gasteiger partial charge is 0.311 e. The van der Waals surface area contributed by atoms with Gasteiger partial charge in [-0.2, -0.15) is 0 Å². The van der Waals surface area contributed by atoms with Crippen molar-refractivity contribution in [2.24, 2.45) is 0 Å². The van der Waals surface area contributed by atoms with Crippen LogP contribution in [0.3, 0.4) is 0 Å². The molecule has 0 N–H and O–H groups in total. The Hall–Kier alpha value is -2.95. The van der Waals surface area contributed by atoms with Gasteiger partial charge in [-0.15, -0.1) is 0 Å². The maximum atomic E-state index is 12.8. The van der Waals surface area contributed by atoms with Gasteiger partial charge in [-0.1, -0.05) is 25.5 Å². The summed E-state index contributed by atoms with van der Waals surface area (Å²) in [4.78, 5) is 40.6. The van der Waals surface area contributed by atoms with Crippen molar-refractivity contribution >= 4 is 23.4 Å². The zero-order valence-corrected chi connectivity index (χ0v) is 15.3. The van der Waals surface area contributed by atoms with E-state index in [9.17, 15) is 14.4 Å². The van der Waals surface area contributed by atoms with Gasteiger partial charge in [0.2, 0.25) is 0 Å². The highest BCUT2D eigenvalue weighted by molar-refractivity contribution is 6.22. The minimum atomic E-state index is -0.314. The van der Waals surface area contributed by atoms with Gasteiger partial charge >= 0.3 is 0 Å². The summed E-state index contributed by atoms with van der Waals surface area (Å²) < 4.78 is 0. The second kappa shape index (κ2) is 7.12. The van der Waals surface area contributed by atoms with E-state index in [1.807, 2.05) is 38.1 Å². The molecule has 2 aromatic rings. The molecule has 26 heavy (non-hydrogen) atoms. The fraction of sp³-hybridized carbons (Fsp3) is 0.286. The van der Waals surface area contributed by atoms with E-state index >= 15 is 0 Å². The number of hydrogen-bond donors (Lipinski definition) is 0. The number of aryl methyl sites for hydroxylation is 1. The molecule has 0 saturated heterocycles. The van der Waals surface area contributed by atoms with Crippen LogP contribution in [0, 0.1) is 6.92 Å². The molecule has 134 valence electrons. The van der Waals surface area contributed by atoms with Crippen molar-refractivity contribution in [3.8, 4) is 0 Å². The van der Waals surface area contributed by atoms with Gasteiger partial charge in [0.1, 0.15) is 0 Å². The zero-order valence-electron chi connectivity index (χ0n) is 15.3. The van der Waals surface area contributed by atoms with E-state index in [1.165, 1.54) is 11.0 Å². The number of fused-ring (bicyclic) bond motifs is 1. The smallest absolute Gasteiger partial charge is 0.261 e. The van der Waals surface area contributed by atoms with Crippen LogP contribution in [0.4, 0.5) is 5.69 Å². The maximum absolute atomic E-state index is 12.8. The summed E-state index contributed by atoms with van der Waals surface area (Å²) in [5.41, 5.74) is 2.92. The fourth-order valence-electron chi connectivity index (χ4n) is 3.09. The molecule has 3 rings (SSSR count). The van der Waals surface area contributed by atoms with E-state index in [4.69, 9.17) is 0 Å². The van der Waals surface area contributed by atoms with Crippen molar-refractivity contribution in [3.05, 3.63) is 64.7 Å². The molecule has 5 nitrogen and oxygen atoms in total. The first kappa shape index (κ1) is 17.9. The van der Waals surface area contributed by atoms with E-state index in [-0.39, 0.29) is 17.7 Å². The standard InChI is InChI=1S/C21H22N2O3/c1-4-5-11-23-20(25)17-10-9-15(13-18(17)21(23)26)19(24)22(3)16-8-6-7-14(2)12-16/h6-10,12-13H,4-5,11H2,1-3H3. The molecular weight excluding hydrogens is 328 g/mol. The van der Waals surface area contributed by atoms with Crippen LogP contribution in [-0.2, 0) is 0 Å². The molecule has 0 radical (unpaired) electrons. The number of carbonyl (C=O) groups is 3. The van der Waals surface area contributed by atoms with Crippen molar-refractivity contribution in [1.82, 2.24) is 4.90 Å². The molecule has 0 aromatic heterocycles. The van der Waals surface area contributed by atoms with E-state index in [0.717, 1.165) is 24.1 Å². The van der Waals surface area contributed by atoms with Crippen molar-refractivity contribution < 1.29 is 14.4 Å². The van der Waals surface area contributed by atoms with Crippen molar-refractivity contribution in [3.63, 3.8) is 0 Å². The van der Waals surface area contributed by atoms with Crippen LogP contribution in [0.2, 0.25) is 0 Å². The van der Waals surface area contributed by atoms with Gasteiger partial charge in [-0.05, 0) is 49.2 Å². The number of hydrogen-bond acceptors (Lipinski definition) is 3. The van der Waals surface area contributed by atoms with Crippen LogP contribution in [0.5, 0.6) is 0 Å². The number of unbranched alkanes of at least 4 members (excludes halogenated alkanes) is 1. The van der Waals surface area contributed by atoms with Gasteiger partial charge < -0.3 is 4.90 Å². The molecule has 3 amide bonds. The van der Waals surface area contributed by atoms with Crippen molar-refractivity contribution in [2.45, 2.75) is 26.7 Å². The molecule has 0 spiro atoms. The lowest BCUT2D eigenvalue weighted by atomic mass is 10.0. The number of carbonyl (C=O) groups excluding carboxylic acids is 3. The third-order valence-electron chi connectivity index (χ3n) is 4.65. The molecule has 0 saturated carbocycles. The first-order chi connectivity index (χ1) is 12.4. The number of nitrogens with zero attached hydrogens (tertiary/aromatic N) is 2. The van der Waals surface area contributed by atoms with E-state index < -0.39 is 0 Å². The molecular formula is C21H22N2O3. The summed E-state index contributed by atoms with van der Waals surface area (Å²) in [6.45, 7) is 4.39. The monoisotopic (exact) mass is 350 g/mol. The summed E-state index contributed by atoms with van der Waals surface area (Å²) in [5, 5.41) is 0. The van der Waals surface area contributed by atoms with Crippen LogP contribution in [-0.4, -0.2) is 36.2 Å². The predicted molar refractivity (Wildman–Crippen MR) is 101 cm³/mol. The third-order valence-corrected chi connectivity index (χ3v) is 4.65. The number of imide groups is 1. The molecule has 1 aliphatic rings. The Labute approximate surface area is 153 Å². The highest BCUT2D eigenvalue weighted by Crippen LogP contribution is 2.26. The first-order valence-electron chi connectivity index (χ1n) is 8.79. The first-order valence-corrected chi connectivity index (χ1v) is 8.79. The Morgan fingerprint density at radius 2 is 1.77 bits per heavy atom. The Morgan fingerprint density at radius 3 is 2.46 bits per heavy atom. The van der Waals surface area contributed by atoms with Crippen LogP contribution < -0.4 is 4.90 Å². The fourth-order valence-corrected chi connectivity index (χ4v) is 3.09. The summed E-state index contributed by atoms with van der Waals surface area (Å²) in [7, 11) is 1.70. The predicted octanol–water partition coefficient (Wildman–Crippen LogP) is 3.67. The Balaban J connectivity index is 1.88. The van der Waals surface area contributed by atoms with E-state index in [0.29, 0.717) is 23.2 Å². The molecule has 0 aliphatic carbocycles. The third kappa shape index (κ3) is 3.12. The second-order valence-corrected chi connectivity index (χ2v) is 6.58. The highest BCUT2D eigenvalue weighted by atomic mass is 16.2. The molecule has 1 aliphatic heterocycles. The molecule has 0 atom stereocenters. The minimum absolute atomic E-state index is 0.217. The second-order valence-electron chi connectivity index (χ2n) is 6.58. The topological polar surface area (TPSA) is 57.7 Å². The van der Waals surface area contributed by atoms with Gasteiger partial charge in [0.05, 0.1) is 11.1 Å². The zero-order chi connectivity index (χ0) is 18.8. The van der Waals surface area contributed by atoms with Crippen LogP contribution in [0.15, 0.2) is 42.5 Å². The van der Waals surface area contributed by atoms with Crippen LogP contribution in [0.25, 0.3) is 0 Å². The summed E-state index contributed by atoms with van der Waals surface area (Å²) in [6.07, 6.45) is 1.67. The number of amides is 3. The van der Waals surface area contributed by atoms with Gasteiger partial charge in [-0.3, -0.25) is 19.3 Å². The van der Waals surface area contributed by atoms with Gasteiger partial charge in [-0.25, -0.2) is 0 Å². The molecule has 0 fully saturated rings. The minimum Gasteiger partial charge on any atom is -0.311 e. The Bertz CT molecular complexity index is 889. The highest BCUT2D eigenvalue weighted by Gasteiger charge is 2.35. The molecule has 0 bridgehead atoms. The summed E-state index contributed by atoms with van der Waals surface area (Å²) in [5.74, 6) is -0.804. The number of anilines is 1. The van der Waals surface area contributed by atoms with E-state index in [2.05, 4.69) is 0 Å². The summed E-state index contributed by atoms with van der Waals surface area (Å²) >= 11 is 0. The van der Waals surface area contributed by atoms with Crippen LogP contribution in [0.1, 0.15) is 56.4 Å². The molecule has 1 heterocycles. The Morgan fingerprint density at radius 1 is 1.04 bits per heavy atom. The van der Waals surface area contributed by atoms with E-state index in [1.54, 1.807) is 24.1 Å². The van der Waals surface area contributed by atoms with Gasteiger partial charge in [0, 0.05) is 24.8 Å². The van der Waals surface area contributed by atoms with Gasteiger partial charge in [0.15, 0.2) is 0 Å². The average molecular weight is 350 g/mol. The quantitative estimate of drug-likeness (QED) is 0.773. The lowest BCUT2D eigenvalue weighted by molar-refractivity contribution is 0.0652. The summed E-state index contributed by atoms with van der Waals surface area (Å²) in [6, 6.07) is 12.4. The normalized spacial score (nSPS) is 13.1. The molecule has 5 heteroatoms. The van der Waals surface area contributed by atoms with Gasteiger partial charge in [0.25, 0.3) is 17.7 Å². The molecule has 2 aromatic carbocycles. The van der Waals surface area contributed by atoms with Crippen molar-refractivity contribution in [1.29, 1.82) is 0 Å². The lowest BCUT2D eigenvalue weighted by Crippen LogP contribution is -2.30. The lowest BCUT2D eigenvalue weighted by Gasteiger charge is -2.18. The Kier molecular flexibility index (Phi) is 4.89. The van der Waals surface area contributed by atoms with Crippen LogP contribution >= 0.6 is 0 Å². The SMILES string of the molecule is CCCCN1C(=O)c2ccc(C(=O)N(C)c3cccc(C)c3)cc2C1=O. The van der Waals surface area contributed by atoms with Crippen molar-refractivity contribution in [2.75, 3.05) is 18.5 Å². The number of rotatable bonds is 5. The molecule has 0 unspecified atom stereocenters. The maximum Gasteiger partial charge on any atom is 0.261 e. The average Bonchev–Trinajstić information content (AvgIpc) is 2.89.